The number of benzene rings is 1. The number of hydrogen-bond donors (Lipinski definition) is 1. The Labute approximate surface area is 93.2 Å². The molecule has 2 aromatic heterocycles. The molecule has 0 amide bonds. The molecule has 74 valence electrons. The Morgan fingerprint density at radius 2 is 2.13 bits per heavy atom. The maximum Gasteiger partial charge on any atom is 0.260 e. The van der Waals surface area contributed by atoms with Crippen LogP contribution in [0.2, 0.25) is 0 Å². The van der Waals surface area contributed by atoms with E-state index in [9.17, 15) is 0 Å². The van der Waals surface area contributed by atoms with Gasteiger partial charge in [0.25, 0.3) is 5.71 Å². The molecule has 0 fully saturated rings. The number of nitrogens with two attached hydrogens (primary N) is 1. The van der Waals surface area contributed by atoms with Gasteiger partial charge >= 0.3 is 0 Å². The topological polar surface area (TPSA) is 64.9 Å². The molecule has 0 unspecified atom stereocenters. The summed E-state index contributed by atoms with van der Waals surface area (Å²) < 4.78 is 5.98. The van der Waals surface area contributed by atoms with Gasteiger partial charge in [-0.2, -0.15) is 0 Å². The molecule has 3 aromatic rings. The lowest BCUT2D eigenvalue weighted by Gasteiger charge is -1.97. The minimum atomic E-state index is 0.377. The molecule has 0 bridgehead atoms. The van der Waals surface area contributed by atoms with E-state index in [1.54, 1.807) is 0 Å². The second-order valence-corrected chi connectivity index (χ2v) is 4.16. The molecule has 0 aliphatic rings. The van der Waals surface area contributed by atoms with E-state index < -0.39 is 0 Å². The summed E-state index contributed by atoms with van der Waals surface area (Å²) in [5, 5.41) is 5.44. The van der Waals surface area contributed by atoms with Crippen LogP contribution in [0.3, 0.4) is 0 Å². The van der Waals surface area contributed by atoms with Crippen LogP contribution in [0.4, 0.5) is 5.82 Å². The van der Waals surface area contributed by atoms with E-state index in [0.29, 0.717) is 11.5 Å². The van der Waals surface area contributed by atoms with Crippen molar-refractivity contribution >= 4 is 43.8 Å². The fraction of sp³-hybridized carbons (Fsp3) is 0. The molecular formula is C10H6BrN3O. The van der Waals surface area contributed by atoms with Gasteiger partial charge in [0.15, 0.2) is 5.82 Å². The lowest BCUT2D eigenvalue weighted by Crippen LogP contribution is -1.84. The Balaban J connectivity index is 2.49. The first-order valence-corrected chi connectivity index (χ1v) is 5.14. The first-order valence-electron chi connectivity index (χ1n) is 4.35. The van der Waals surface area contributed by atoms with Crippen LogP contribution in [0.5, 0.6) is 0 Å². The second-order valence-electron chi connectivity index (χ2n) is 3.25. The van der Waals surface area contributed by atoms with Crippen molar-refractivity contribution in [2.45, 2.75) is 0 Å². The van der Waals surface area contributed by atoms with Crippen LogP contribution in [-0.2, 0) is 0 Å². The minimum absolute atomic E-state index is 0.377. The number of halogens is 1. The lowest BCUT2D eigenvalue weighted by molar-refractivity contribution is 0.453. The predicted molar refractivity (Wildman–Crippen MR) is 61.4 cm³/mol. The molecule has 4 nitrogen and oxygen atoms in total. The van der Waals surface area contributed by atoms with Crippen LogP contribution in [0, 0.1) is 0 Å². The Hall–Kier alpha value is -1.62. The van der Waals surface area contributed by atoms with Gasteiger partial charge in [-0.1, -0.05) is 27.2 Å². The van der Waals surface area contributed by atoms with Crippen molar-refractivity contribution in [1.29, 1.82) is 0 Å². The Morgan fingerprint density at radius 3 is 3.00 bits per heavy atom. The number of pyridine rings is 1. The van der Waals surface area contributed by atoms with Crippen LogP contribution in [0.25, 0.3) is 22.0 Å². The Morgan fingerprint density at radius 1 is 1.27 bits per heavy atom. The van der Waals surface area contributed by atoms with E-state index >= 15 is 0 Å². The summed E-state index contributed by atoms with van der Waals surface area (Å²) in [6.45, 7) is 0. The van der Waals surface area contributed by atoms with E-state index in [0.717, 1.165) is 20.8 Å². The number of anilines is 1. The molecule has 0 aliphatic carbocycles. The van der Waals surface area contributed by atoms with Gasteiger partial charge in [-0.05, 0) is 18.2 Å². The van der Waals surface area contributed by atoms with E-state index in [-0.39, 0.29) is 0 Å². The maximum atomic E-state index is 5.64. The third kappa shape index (κ3) is 1.27. The molecular weight excluding hydrogens is 258 g/mol. The summed E-state index contributed by atoms with van der Waals surface area (Å²) >= 11 is 3.39. The van der Waals surface area contributed by atoms with Crippen molar-refractivity contribution < 1.29 is 4.52 Å². The zero-order valence-corrected chi connectivity index (χ0v) is 9.15. The first kappa shape index (κ1) is 8.67. The summed E-state index contributed by atoms with van der Waals surface area (Å²) in [6, 6.07) is 7.78. The monoisotopic (exact) mass is 263 g/mol. The summed E-state index contributed by atoms with van der Waals surface area (Å²) in [4.78, 5) is 4.32. The van der Waals surface area contributed by atoms with E-state index in [1.165, 1.54) is 0 Å². The fourth-order valence-electron chi connectivity index (χ4n) is 1.52. The predicted octanol–water partition coefficient (Wildman–Crippen LogP) is 2.72. The van der Waals surface area contributed by atoms with Gasteiger partial charge in [-0.25, -0.2) is 4.98 Å². The molecule has 1 aromatic carbocycles. The van der Waals surface area contributed by atoms with Crippen molar-refractivity contribution in [2.75, 3.05) is 5.73 Å². The fourth-order valence-corrected chi connectivity index (χ4v) is 1.87. The molecule has 15 heavy (non-hydrogen) atoms. The van der Waals surface area contributed by atoms with Crippen LogP contribution in [0.15, 0.2) is 33.3 Å². The Bertz CT molecular complexity index is 662. The molecule has 3 rings (SSSR count). The second kappa shape index (κ2) is 2.93. The highest BCUT2D eigenvalue weighted by Crippen LogP contribution is 2.25. The SMILES string of the molecule is Nc1noc2nc3cc(Br)ccc3cc12. The Kier molecular flexibility index (Phi) is 1.70. The van der Waals surface area contributed by atoms with Gasteiger partial charge in [0.1, 0.15) is 0 Å². The summed E-state index contributed by atoms with van der Waals surface area (Å²) in [5.41, 5.74) is 6.97. The highest BCUT2D eigenvalue weighted by atomic mass is 79.9. The van der Waals surface area contributed by atoms with Crippen LogP contribution in [0.1, 0.15) is 0 Å². The van der Waals surface area contributed by atoms with Gasteiger partial charge in [0, 0.05) is 9.86 Å². The molecule has 0 aliphatic heterocycles. The van der Waals surface area contributed by atoms with E-state index in [1.807, 2.05) is 24.3 Å². The van der Waals surface area contributed by atoms with Crippen LogP contribution in [-0.4, -0.2) is 10.1 Å². The lowest BCUT2D eigenvalue weighted by atomic mass is 10.2. The summed E-state index contributed by atoms with van der Waals surface area (Å²) in [7, 11) is 0. The maximum absolute atomic E-state index is 5.64. The highest BCUT2D eigenvalue weighted by Gasteiger charge is 2.07. The largest absolute Gasteiger partial charge is 0.380 e. The van der Waals surface area contributed by atoms with E-state index in [2.05, 4.69) is 26.1 Å². The van der Waals surface area contributed by atoms with Crippen molar-refractivity contribution in [3.63, 3.8) is 0 Å². The number of hydrogen-bond acceptors (Lipinski definition) is 4. The van der Waals surface area contributed by atoms with Gasteiger partial charge in [0.05, 0.1) is 10.9 Å². The quantitative estimate of drug-likeness (QED) is 0.678. The summed E-state index contributed by atoms with van der Waals surface area (Å²) in [6.07, 6.45) is 0. The van der Waals surface area contributed by atoms with Crippen molar-refractivity contribution in [2.24, 2.45) is 0 Å². The molecule has 2 heterocycles. The molecule has 5 heteroatoms. The zero-order valence-electron chi connectivity index (χ0n) is 7.57. The van der Waals surface area contributed by atoms with Gasteiger partial charge in [-0.15, -0.1) is 0 Å². The smallest absolute Gasteiger partial charge is 0.260 e. The van der Waals surface area contributed by atoms with E-state index in [4.69, 9.17) is 10.3 Å². The van der Waals surface area contributed by atoms with Gasteiger partial charge < -0.3 is 10.3 Å². The standard InChI is InChI=1S/C10H6BrN3O/c11-6-2-1-5-3-7-9(12)14-15-10(7)13-8(5)4-6/h1-4H,(H2,12,14). The average Bonchev–Trinajstić information content (AvgIpc) is 2.57. The first-order chi connectivity index (χ1) is 7.24. The van der Waals surface area contributed by atoms with Gasteiger partial charge in [0.2, 0.25) is 0 Å². The van der Waals surface area contributed by atoms with Crippen molar-refractivity contribution in [3.05, 3.63) is 28.7 Å². The van der Waals surface area contributed by atoms with Crippen molar-refractivity contribution in [3.8, 4) is 0 Å². The van der Waals surface area contributed by atoms with Crippen LogP contribution < -0.4 is 5.73 Å². The molecule has 0 atom stereocenters. The number of aromatic nitrogens is 2. The molecule has 2 N–H and O–H groups in total. The number of nitrogen functional groups attached to an aromatic ring is 1. The average molecular weight is 264 g/mol. The number of nitrogens with zero attached hydrogens (tertiary/aromatic N) is 2. The molecule has 0 saturated carbocycles. The normalized spacial score (nSPS) is 11.3. The molecule has 0 radical (unpaired) electrons. The third-order valence-corrected chi connectivity index (χ3v) is 2.74. The third-order valence-electron chi connectivity index (χ3n) is 2.25. The summed E-state index contributed by atoms with van der Waals surface area (Å²) in [5.74, 6) is 0.377. The minimum Gasteiger partial charge on any atom is -0.380 e. The molecule has 0 saturated heterocycles. The van der Waals surface area contributed by atoms with Crippen LogP contribution >= 0.6 is 15.9 Å². The number of rotatable bonds is 0. The zero-order chi connectivity index (χ0) is 10.4. The molecule has 0 spiro atoms. The number of fused-ring (bicyclic) bond motifs is 2. The van der Waals surface area contributed by atoms with Crippen molar-refractivity contribution in [1.82, 2.24) is 10.1 Å². The highest BCUT2D eigenvalue weighted by molar-refractivity contribution is 9.10. The van der Waals surface area contributed by atoms with Gasteiger partial charge in [-0.3, -0.25) is 0 Å².